The van der Waals surface area contributed by atoms with Gasteiger partial charge in [-0.3, -0.25) is 38.5 Å². The molecule has 0 radical (unpaired) electrons. The maximum absolute atomic E-state index is 14.5. The molecule has 3 fully saturated rings. The summed E-state index contributed by atoms with van der Waals surface area (Å²) in [7, 11) is 3.93. The third-order valence-corrected chi connectivity index (χ3v) is 17.0. The summed E-state index contributed by atoms with van der Waals surface area (Å²) in [4.78, 5) is 139. The van der Waals surface area contributed by atoms with E-state index in [4.69, 9.17) is 37.9 Å². The first-order valence-corrected chi connectivity index (χ1v) is 30.8. The second-order valence-corrected chi connectivity index (χ2v) is 24.0. The summed E-state index contributed by atoms with van der Waals surface area (Å²) < 4.78 is 47.5. The number of amides is 9. The SMILES string of the molecule is C=C1C[C@H]2[C@H](O)N(C(=O)OCc3ccc(NC(=O)[C@H](C)NC(=O)[C@@H](NC(=O)CCN4C(=O)C=CC4=O)C(C)C)cc3)c3cc(OCc4cc(COc5cc6c(cc5OC)C(=O)N5CC(=C)C[C@H]5[C@H](OC5CCCCO5)N6C(=O)O)cc(C(=O)OC)c4)c(OC)cc3C(=O)N2C1. The zero-order valence-electron chi connectivity index (χ0n) is 53.2. The molecule has 0 aromatic heterocycles. The number of benzene rings is 4. The lowest BCUT2D eigenvalue weighted by Crippen LogP contribution is -2.54. The van der Waals surface area contributed by atoms with Gasteiger partial charge in [0.1, 0.15) is 31.9 Å². The summed E-state index contributed by atoms with van der Waals surface area (Å²) in [5.74, 6) is -4.79. The molecule has 3 saturated heterocycles. The Bertz CT molecular complexity index is 3770. The van der Waals surface area contributed by atoms with E-state index in [-0.39, 0.29) is 103 Å². The minimum absolute atomic E-state index is 0.00454. The lowest BCUT2D eigenvalue weighted by Gasteiger charge is -2.37. The molecule has 0 bridgehead atoms. The van der Waals surface area contributed by atoms with E-state index in [0.717, 1.165) is 45.3 Å². The lowest BCUT2D eigenvalue weighted by molar-refractivity contribution is -0.195. The molecule has 7 atom stereocenters. The van der Waals surface area contributed by atoms with Gasteiger partial charge in [0.15, 0.2) is 41.7 Å². The zero-order valence-corrected chi connectivity index (χ0v) is 53.2. The van der Waals surface area contributed by atoms with E-state index in [1.165, 1.54) is 81.7 Å². The van der Waals surface area contributed by atoms with Gasteiger partial charge in [-0.25, -0.2) is 24.2 Å². The van der Waals surface area contributed by atoms with Crippen molar-refractivity contribution >= 4 is 76.6 Å². The van der Waals surface area contributed by atoms with Crippen LogP contribution in [0.5, 0.6) is 23.0 Å². The number of hydrogen-bond donors (Lipinski definition) is 5. The van der Waals surface area contributed by atoms with Crippen molar-refractivity contribution < 1.29 is 96.1 Å². The number of nitrogens with one attached hydrogen (secondary N) is 3. The first-order chi connectivity index (χ1) is 45.4. The molecule has 0 spiro atoms. The van der Waals surface area contributed by atoms with Crippen LogP contribution in [0.4, 0.5) is 26.7 Å². The number of carbonyl (C=O) groups excluding carboxylic acids is 9. The van der Waals surface area contributed by atoms with Crippen molar-refractivity contribution in [3.63, 3.8) is 0 Å². The highest BCUT2D eigenvalue weighted by molar-refractivity contribution is 6.13. The van der Waals surface area contributed by atoms with Crippen LogP contribution in [-0.2, 0) is 62.7 Å². The van der Waals surface area contributed by atoms with Crippen LogP contribution in [-0.4, -0.2) is 175 Å². The van der Waals surface area contributed by atoms with Crippen LogP contribution in [0.1, 0.15) is 107 Å². The molecule has 10 rings (SSSR count). The third-order valence-electron chi connectivity index (χ3n) is 17.0. The van der Waals surface area contributed by atoms with Gasteiger partial charge in [0, 0.05) is 62.6 Å². The standard InChI is InChI=1S/C67H74N8O20/c1-35(2)58(70-54(76)18-19-71-55(77)16-17-56(71)78)60(80)68-38(5)59(79)69-43-14-12-39(13-15-43)32-94-67(87)74-46-28-52(50(88-6)26-44(46)61(81)72-30-36(3)21-48(72)63(74)83)92-33-40-23-41(25-42(24-40)65(84)90-8)34-93-53-29-47-45(27-51(53)89-7)62(82)73-31-37(4)22-49(73)64(75(47)66(85)86)95-57-11-9-10-20-91-57/h12-17,23-29,35,38,48-49,57-58,63-64,83H,3-4,9-11,18-22,30-34H2,1-2,5-8H3,(H,68,80)(H,69,79)(H,70,76)(H,85,86)/t38-,48-,49-,57?,58-,63-,64-/m0/s1. The van der Waals surface area contributed by atoms with Crippen molar-refractivity contribution in [3.8, 4) is 23.0 Å². The van der Waals surface area contributed by atoms with Crippen molar-refractivity contribution in [3.05, 3.63) is 137 Å². The summed E-state index contributed by atoms with van der Waals surface area (Å²) in [5.41, 5.74) is 2.92. The Hall–Kier alpha value is -10.3. The largest absolute Gasteiger partial charge is 0.493 e. The van der Waals surface area contributed by atoms with Gasteiger partial charge in [0.25, 0.3) is 23.6 Å². The van der Waals surface area contributed by atoms with E-state index < -0.39 is 108 Å². The molecule has 6 aliphatic rings. The number of aliphatic hydroxyl groups is 1. The second-order valence-electron chi connectivity index (χ2n) is 24.0. The number of ether oxygens (including phenoxy) is 8. The highest BCUT2D eigenvalue weighted by atomic mass is 16.7. The Balaban J connectivity index is 0.835. The second kappa shape index (κ2) is 28.9. The average molecular weight is 1310 g/mol. The van der Waals surface area contributed by atoms with Gasteiger partial charge in [-0.05, 0) is 104 Å². The number of carboxylic acid groups (broad SMARTS) is 1. The first-order valence-electron chi connectivity index (χ1n) is 30.8. The molecule has 95 heavy (non-hydrogen) atoms. The van der Waals surface area contributed by atoms with Crippen molar-refractivity contribution in [1.29, 1.82) is 0 Å². The summed E-state index contributed by atoms with van der Waals surface area (Å²) in [5, 5.41) is 30.9. The van der Waals surface area contributed by atoms with Crippen molar-refractivity contribution in [2.24, 2.45) is 5.92 Å². The highest BCUT2D eigenvalue weighted by Gasteiger charge is 2.50. The summed E-state index contributed by atoms with van der Waals surface area (Å²) >= 11 is 0. The first kappa shape index (κ1) is 67.6. The Labute approximate surface area is 546 Å². The van der Waals surface area contributed by atoms with Crippen LogP contribution < -0.4 is 44.7 Å². The number of rotatable bonds is 22. The number of hydrogen-bond acceptors (Lipinski definition) is 19. The smallest absolute Gasteiger partial charge is 0.416 e. The van der Waals surface area contributed by atoms with Gasteiger partial charge in [-0.15, -0.1) is 0 Å². The molecule has 9 amide bonds. The Morgan fingerprint density at radius 3 is 1.81 bits per heavy atom. The molecule has 28 heteroatoms. The molecule has 6 heterocycles. The van der Waals surface area contributed by atoms with Gasteiger partial charge >= 0.3 is 18.2 Å². The fourth-order valence-electron chi connectivity index (χ4n) is 12.1. The zero-order chi connectivity index (χ0) is 68.1. The van der Waals surface area contributed by atoms with E-state index >= 15 is 0 Å². The monoisotopic (exact) mass is 1310 g/mol. The molecule has 502 valence electrons. The highest BCUT2D eigenvalue weighted by Crippen LogP contribution is 2.45. The van der Waals surface area contributed by atoms with E-state index in [1.54, 1.807) is 36.9 Å². The lowest BCUT2D eigenvalue weighted by atomic mass is 10.0. The number of esters is 1. The minimum atomic E-state index is -1.66. The molecule has 5 N–H and O–H groups in total. The van der Waals surface area contributed by atoms with Gasteiger partial charge in [-0.1, -0.05) is 50.3 Å². The topological polar surface area (TPSA) is 337 Å². The summed E-state index contributed by atoms with van der Waals surface area (Å²) in [6.07, 6.45) is -1.42. The molecule has 4 aromatic carbocycles. The molecular formula is C67H74N8O20. The Kier molecular flexibility index (Phi) is 20.6. The molecule has 28 nitrogen and oxygen atoms in total. The van der Waals surface area contributed by atoms with E-state index in [0.29, 0.717) is 47.4 Å². The number of nitrogens with zero attached hydrogens (tertiary/aromatic N) is 5. The third kappa shape index (κ3) is 14.7. The Morgan fingerprint density at radius 2 is 1.26 bits per heavy atom. The van der Waals surface area contributed by atoms with Crippen LogP contribution in [0, 0.1) is 5.92 Å². The van der Waals surface area contributed by atoms with Crippen LogP contribution >= 0.6 is 0 Å². The molecule has 6 aliphatic heterocycles. The number of anilines is 3. The molecule has 4 aromatic rings. The number of aliphatic hydroxyl groups excluding tert-OH is 1. The summed E-state index contributed by atoms with van der Waals surface area (Å²) in [6, 6.07) is 12.7. The number of imide groups is 1. The number of carbonyl (C=O) groups is 10. The Morgan fingerprint density at radius 1 is 0.684 bits per heavy atom. The van der Waals surface area contributed by atoms with Gasteiger partial charge < -0.3 is 73.9 Å². The van der Waals surface area contributed by atoms with Crippen LogP contribution in [0.2, 0.25) is 0 Å². The number of fused-ring (bicyclic) bond motifs is 4. The normalized spacial score (nSPS) is 20.4. The molecule has 0 aliphatic carbocycles. The van der Waals surface area contributed by atoms with Crippen LogP contribution in [0.15, 0.2) is 103 Å². The van der Waals surface area contributed by atoms with Crippen molar-refractivity contribution in [2.45, 2.75) is 122 Å². The van der Waals surface area contributed by atoms with Crippen molar-refractivity contribution in [1.82, 2.24) is 25.3 Å². The predicted molar refractivity (Wildman–Crippen MR) is 337 cm³/mol. The fourth-order valence-corrected chi connectivity index (χ4v) is 12.1. The van der Waals surface area contributed by atoms with Gasteiger partial charge in [-0.2, -0.15) is 0 Å². The quantitative estimate of drug-likeness (QED) is 0.0346. The maximum atomic E-state index is 14.5. The summed E-state index contributed by atoms with van der Waals surface area (Å²) in [6.45, 7) is 12.7. The minimum Gasteiger partial charge on any atom is -0.493 e. The fraction of sp³-hybridized carbons (Fsp3) is 0.403. The van der Waals surface area contributed by atoms with E-state index in [2.05, 4.69) is 29.1 Å². The molecule has 1 unspecified atom stereocenters. The molecule has 0 saturated carbocycles. The predicted octanol–water partition coefficient (Wildman–Crippen LogP) is 5.93. The van der Waals surface area contributed by atoms with Crippen molar-refractivity contribution in [2.75, 3.05) is 62.7 Å². The maximum Gasteiger partial charge on any atom is 0.416 e. The molecular weight excluding hydrogens is 1240 g/mol. The van der Waals surface area contributed by atoms with Gasteiger partial charge in [0.05, 0.1) is 61.5 Å². The van der Waals surface area contributed by atoms with Crippen LogP contribution in [0.3, 0.4) is 0 Å². The van der Waals surface area contributed by atoms with E-state index in [9.17, 15) is 58.2 Å². The van der Waals surface area contributed by atoms with Crippen LogP contribution in [0.25, 0.3) is 0 Å². The van der Waals surface area contributed by atoms with Gasteiger partial charge in [0.2, 0.25) is 17.7 Å². The average Bonchev–Trinajstić information content (AvgIpc) is 1.63. The number of methoxy groups -OCH3 is 3. The van der Waals surface area contributed by atoms with E-state index in [1.807, 2.05) is 0 Å².